The lowest BCUT2D eigenvalue weighted by Crippen LogP contribution is -2.60. The monoisotopic (exact) mass is 866 g/mol. The van der Waals surface area contributed by atoms with Crippen molar-refractivity contribution in [3.8, 4) is 0 Å². The summed E-state index contributed by atoms with van der Waals surface area (Å²) in [6, 6.07) is -0.816. The first-order valence-corrected chi connectivity index (χ1v) is 26.1. The maximum Gasteiger partial charge on any atom is 0.220 e. The van der Waals surface area contributed by atoms with Crippen molar-refractivity contribution in [3.05, 3.63) is 24.3 Å². The van der Waals surface area contributed by atoms with Crippen molar-refractivity contribution in [3.63, 3.8) is 0 Å². The van der Waals surface area contributed by atoms with Gasteiger partial charge in [-0.3, -0.25) is 4.79 Å². The minimum atomic E-state index is -1.57. The predicted molar refractivity (Wildman–Crippen MR) is 253 cm³/mol. The average Bonchev–Trinajstić information content (AvgIpc) is 3.26. The Morgan fingerprint density at radius 3 is 1.38 bits per heavy atom. The number of unbranched alkanes of at least 4 members (excludes halogenated alkanes) is 32. The summed E-state index contributed by atoms with van der Waals surface area (Å²) in [4.78, 5) is 13.0. The Hall–Kier alpha value is -1.33. The van der Waals surface area contributed by atoms with Crippen LogP contribution in [0.5, 0.6) is 0 Å². The lowest BCUT2D eigenvalue weighted by Gasteiger charge is -2.40. The molecule has 1 heterocycles. The van der Waals surface area contributed by atoms with Crippen LogP contribution in [0.3, 0.4) is 0 Å². The van der Waals surface area contributed by atoms with Crippen molar-refractivity contribution in [2.75, 3.05) is 13.2 Å². The van der Waals surface area contributed by atoms with Gasteiger partial charge in [-0.25, -0.2) is 0 Å². The van der Waals surface area contributed by atoms with Gasteiger partial charge in [-0.1, -0.05) is 231 Å². The van der Waals surface area contributed by atoms with Crippen LogP contribution < -0.4 is 5.32 Å². The summed E-state index contributed by atoms with van der Waals surface area (Å²) in [6.07, 6.45) is 45.5. The maximum atomic E-state index is 13.0. The second-order valence-corrected chi connectivity index (χ2v) is 18.3. The zero-order valence-electron chi connectivity index (χ0n) is 39.7. The number of allylic oxidation sites excluding steroid dienone is 3. The third-order valence-electron chi connectivity index (χ3n) is 12.5. The summed E-state index contributed by atoms with van der Waals surface area (Å²) >= 11 is 0. The van der Waals surface area contributed by atoms with Crippen molar-refractivity contribution in [2.45, 2.75) is 288 Å². The number of hydrogen-bond acceptors (Lipinski definition) is 8. The summed E-state index contributed by atoms with van der Waals surface area (Å²) in [7, 11) is 0. The molecule has 1 fully saturated rings. The van der Waals surface area contributed by atoms with Crippen LogP contribution in [0.2, 0.25) is 0 Å². The van der Waals surface area contributed by atoms with Gasteiger partial charge in [0.1, 0.15) is 24.4 Å². The van der Waals surface area contributed by atoms with Gasteiger partial charge >= 0.3 is 0 Å². The van der Waals surface area contributed by atoms with Crippen LogP contribution in [0.1, 0.15) is 245 Å². The molecule has 6 N–H and O–H groups in total. The highest BCUT2D eigenvalue weighted by Gasteiger charge is 2.44. The highest BCUT2D eigenvalue weighted by Crippen LogP contribution is 2.23. The van der Waals surface area contributed by atoms with Crippen LogP contribution in [0.4, 0.5) is 0 Å². The molecule has 1 rings (SSSR count). The van der Waals surface area contributed by atoms with Crippen LogP contribution >= 0.6 is 0 Å². The number of aliphatic hydroxyl groups is 5. The molecule has 1 aliphatic rings. The molecule has 1 saturated heterocycles. The van der Waals surface area contributed by atoms with Crippen molar-refractivity contribution >= 4 is 5.91 Å². The first kappa shape index (κ1) is 57.7. The number of carbonyl (C=O) groups is 1. The van der Waals surface area contributed by atoms with Gasteiger partial charge in [0, 0.05) is 6.42 Å². The van der Waals surface area contributed by atoms with E-state index in [9.17, 15) is 30.3 Å². The Balaban J connectivity index is 2.14. The molecule has 360 valence electrons. The molecule has 0 aromatic rings. The quantitative estimate of drug-likeness (QED) is 0.0262. The van der Waals surface area contributed by atoms with Crippen molar-refractivity contribution < 1.29 is 39.8 Å². The highest BCUT2D eigenvalue weighted by atomic mass is 16.7. The SMILES string of the molecule is CCCCCC/C=C/CC/C=C/C(O)C(COC1OC(CO)C(O)C(O)C1O)NC(=O)CCCCCCCCCCCCCCCCCCCCCCCCCCCCCC. The van der Waals surface area contributed by atoms with Crippen LogP contribution in [-0.2, 0) is 14.3 Å². The Labute approximate surface area is 375 Å². The molecule has 61 heavy (non-hydrogen) atoms. The lowest BCUT2D eigenvalue weighted by molar-refractivity contribution is -0.302. The first-order chi connectivity index (χ1) is 29.8. The van der Waals surface area contributed by atoms with E-state index in [1.165, 1.54) is 186 Å². The summed E-state index contributed by atoms with van der Waals surface area (Å²) < 4.78 is 11.2. The number of aliphatic hydroxyl groups excluding tert-OH is 5. The standard InChI is InChI=1S/C52H99NO8/c1-3-5-7-9-11-13-15-16-17-18-19-20-21-22-23-24-25-26-27-28-29-30-31-32-34-36-38-40-42-48(56)53-45(44-60-52-51(59)50(58)49(57)47(43-54)61-52)46(55)41-39-37-35-33-14-12-10-8-6-4-2/h14,33,39,41,45-47,49-52,54-55,57-59H,3-13,15-32,34-38,40,42-44H2,1-2H3,(H,53,56)/b33-14+,41-39+. The fourth-order valence-electron chi connectivity index (χ4n) is 8.35. The molecular formula is C52H99NO8. The second kappa shape index (κ2) is 42.6. The molecular weight excluding hydrogens is 767 g/mol. The van der Waals surface area contributed by atoms with Gasteiger partial charge < -0.3 is 40.3 Å². The average molecular weight is 866 g/mol. The molecule has 9 nitrogen and oxygen atoms in total. The van der Waals surface area contributed by atoms with Crippen molar-refractivity contribution in [1.29, 1.82) is 0 Å². The Kier molecular flexibility index (Phi) is 40.3. The van der Waals surface area contributed by atoms with E-state index in [-0.39, 0.29) is 12.5 Å². The first-order valence-electron chi connectivity index (χ1n) is 26.1. The van der Waals surface area contributed by atoms with Gasteiger partial charge in [0.25, 0.3) is 0 Å². The Morgan fingerprint density at radius 2 is 0.934 bits per heavy atom. The molecule has 1 amide bonds. The second-order valence-electron chi connectivity index (χ2n) is 18.3. The molecule has 0 spiro atoms. The van der Waals surface area contributed by atoms with Crippen LogP contribution in [0, 0.1) is 0 Å². The fourth-order valence-corrected chi connectivity index (χ4v) is 8.35. The van der Waals surface area contributed by atoms with Crippen LogP contribution in [-0.4, -0.2) is 87.5 Å². The van der Waals surface area contributed by atoms with Gasteiger partial charge in [0.15, 0.2) is 6.29 Å². The molecule has 0 aromatic heterocycles. The van der Waals surface area contributed by atoms with Gasteiger partial charge in [0.2, 0.25) is 5.91 Å². The molecule has 0 aliphatic carbocycles. The van der Waals surface area contributed by atoms with Gasteiger partial charge in [0.05, 0.1) is 25.4 Å². The Morgan fingerprint density at radius 1 is 0.541 bits per heavy atom. The molecule has 0 saturated carbocycles. The van der Waals surface area contributed by atoms with E-state index < -0.39 is 49.5 Å². The molecule has 9 heteroatoms. The minimum absolute atomic E-state index is 0.185. The zero-order chi connectivity index (χ0) is 44.4. The van der Waals surface area contributed by atoms with Gasteiger partial charge in [-0.15, -0.1) is 0 Å². The van der Waals surface area contributed by atoms with E-state index in [1.54, 1.807) is 6.08 Å². The largest absolute Gasteiger partial charge is 0.394 e. The third kappa shape index (κ3) is 32.9. The summed E-state index contributed by atoms with van der Waals surface area (Å²) in [5.74, 6) is -0.185. The highest BCUT2D eigenvalue weighted by molar-refractivity contribution is 5.76. The fraction of sp³-hybridized carbons (Fsp3) is 0.904. The van der Waals surface area contributed by atoms with Crippen LogP contribution in [0.25, 0.3) is 0 Å². The summed E-state index contributed by atoms with van der Waals surface area (Å²) in [5, 5.41) is 54.1. The van der Waals surface area contributed by atoms with E-state index in [2.05, 4.69) is 31.3 Å². The number of carbonyl (C=O) groups excluding carboxylic acids is 1. The van der Waals surface area contributed by atoms with E-state index in [1.807, 2.05) is 6.08 Å². The third-order valence-corrected chi connectivity index (χ3v) is 12.5. The van der Waals surface area contributed by atoms with Crippen molar-refractivity contribution in [2.24, 2.45) is 0 Å². The smallest absolute Gasteiger partial charge is 0.220 e. The number of amides is 1. The van der Waals surface area contributed by atoms with Crippen LogP contribution in [0.15, 0.2) is 24.3 Å². The minimum Gasteiger partial charge on any atom is -0.394 e. The topological polar surface area (TPSA) is 149 Å². The molecule has 1 aliphatic heterocycles. The maximum absolute atomic E-state index is 13.0. The number of ether oxygens (including phenoxy) is 2. The van der Waals surface area contributed by atoms with E-state index >= 15 is 0 Å². The van der Waals surface area contributed by atoms with Crippen molar-refractivity contribution in [1.82, 2.24) is 5.32 Å². The number of nitrogens with one attached hydrogen (secondary N) is 1. The number of hydrogen-bond donors (Lipinski definition) is 6. The predicted octanol–water partition coefficient (Wildman–Crippen LogP) is 11.8. The van der Waals surface area contributed by atoms with Gasteiger partial charge in [-0.2, -0.15) is 0 Å². The van der Waals surface area contributed by atoms with E-state index in [0.29, 0.717) is 6.42 Å². The molecule has 7 unspecified atom stereocenters. The Bertz CT molecular complexity index is 1010. The summed E-state index contributed by atoms with van der Waals surface area (Å²) in [6.45, 7) is 3.74. The molecule has 0 radical (unpaired) electrons. The number of rotatable bonds is 44. The molecule has 0 aromatic carbocycles. The lowest BCUT2D eigenvalue weighted by atomic mass is 9.99. The zero-order valence-corrected chi connectivity index (χ0v) is 39.7. The molecule has 7 atom stereocenters. The van der Waals surface area contributed by atoms with Gasteiger partial charge in [-0.05, 0) is 32.1 Å². The van der Waals surface area contributed by atoms with E-state index in [0.717, 1.165) is 38.5 Å². The van der Waals surface area contributed by atoms with E-state index in [4.69, 9.17) is 9.47 Å². The normalized spacial score (nSPS) is 20.5. The molecule has 0 bridgehead atoms. The summed E-state index contributed by atoms with van der Waals surface area (Å²) in [5.41, 5.74) is 0.